The number of carbonyl (C=O) groups is 1. The summed E-state index contributed by atoms with van der Waals surface area (Å²) in [5.41, 5.74) is 1.41. The van der Waals surface area contributed by atoms with E-state index in [9.17, 15) is 4.79 Å². The third-order valence-corrected chi connectivity index (χ3v) is 3.98. The molecule has 0 spiro atoms. The molecule has 126 valence electrons. The minimum atomic E-state index is -0.0613. The molecule has 0 aliphatic carbocycles. The van der Waals surface area contributed by atoms with Gasteiger partial charge in [-0.25, -0.2) is 9.67 Å². The van der Waals surface area contributed by atoms with Gasteiger partial charge in [-0.3, -0.25) is 4.79 Å². The van der Waals surface area contributed by atoms with E-state index in [0.717, 1.165) is 23.9 Å². The highest BCUT2D eigenvalue weighted by Crippen LogP contribution is 2.17. The van der Waals surface area contributed by atoms with Crippen LogP contribution in [-0.4, -0.2) is 26.7 Å². The average Bonchev–Trinajstić information content (AvgIpc) is 2.89. The summed E-state index contributed by atoms with van der Waals surface area (Å²) in [6.45, 7) is 10.6. The lowest BCUT2D eigenvalue weighted by atomic mass is 10.0. The summed E-state index contributed by atoms with van der Waals surface area (Å²) in [4.78, 5) is 16.8. The molecule has 0 aromatic carbocycles. The molecular formula is C18H28N4O. The third kappa shape index (κ3) is 4.53. The molecule has 0 fully saturated rings. The average molecular weight is 316 g/mol. The number of amides is 1. The van der Waals surface area contributed by atoms with Gasteiger partial charge < -0.3 is 5.32 Å². The van der Waals surface area contributed by atoms with Crippen molar-refractivity contribution in [3.8, 4) is 0 Å². The van der Waals surface area contributed by atoms with Gasteiger partial charge in [-0.15, -0.1) is 0 Å². The van der Waals surface area contributed by atoms with Crippen molar-refractivity contribution in [3.63, 3.8) is 0 Å². The number of nitrogens with zero attached hydrogens (tertiary/aromatic N) is 3. The molecule has 0 radical (unpaired) electrons. The van der Waals surface area contributed by atoms with Crippen molar-refractivity contribution in [1.29, 1.82) is 0 Å². The highest BCUT2D eigenvalue weighted by molar-refractivity contribution is 5.96. The van der Waals surface area contributed by atoms with E-state index in [1.165, 1.54) is 6.42 Å². The highest BCUT2D eigenvalue weighted by atomic mass is 16.1. The van der Waals surface area contributed by atoms with Crippen molar-refractivity contribution < 1.29 is 4.79 Å². The van der Waals surface area contributed by atoms with Crippen molar-refractivity contribution >= 4 is 16.9 Å². The second-order valence-corrected chi connectivity index (χ2v) is 7.02. The lowest BCUT2D eigenvalue weighted by molar-refractivity contribution is 0.0937. The lowest BCUT2D eigenvalue weighted by Gasteiger charge is -2.14. The van der Waals surface area contributed by atoms with E-state index in [-0.39, 0.29) is 18.0 Å². The van der Waals surface area contributed by atoms with Crippen LogP contribution in [0.1, 0.15) is 70.3 Å². The summed E-state index contributed by atoms with van der Waals surface area (Å²) < 4.78 is 1.87. The second-order valence-electron chi connectivity index (χ2n) is 7.02. The quantitative estimate of drug-likeness (QED) is 0.841. The normalized spacial score (nSPS) is 13.0. The van der Waals surface area contributed by atoms with E-state index >= 15 is 0 Å². The fourth-order valence-electron chi connectivity index (χ4n) is 2.65. The summed E-state index contributed by atoms with van der Waals surface area (Å²) in [6, 6.07) is 2.29. The first kappa shape index (κ1) is 17.4. The van der Waals surface area contributed by atoms with Crippen LogP contribution in [0, 0.1) is 5.92 Å². The standard InChI is InChI=1S/C18H28N4O/c1-12(2)7-6-8-14(5)21-18(23)16-9-15-11-20-22(13(3)4)17(15)19-10-16/h9-14H,6-8H2,1-5H3,(H,21,23). The van der Waals surface area contributed by atoms with E-state index in [1.807, 2.05) is 10.7 Å². The highest BCUT2D eigenvalue weighted by Gasteiger charge is 2.13. The molecule has 1 unspecified atom stereocenters. The summed E-state index contributed by atoms with van der Waals surface area (Å²) in [5, 5.41) is 8.30. The molecule has 2 aromatic rings. The van der Waals surface area contributed by atoms with Crippen LogP contribution < -0.4 is 5.32 Å². The maximum atomic E-state index is 12.4. The molecule has 0 saturated carbocycles. The van der Waals surface area contributed by atoms with E-state index in [0.29, 0.717) is 11.5 Å². The Kier molecular flexibility index (Phi) is 5.74. The molecule has 1 N–H and O–H groups in total. The van der Waals surface area contributed by atoms with Crippen molar-refractivity contribution in [2.24, 2.45) is 5.92 Å². The van der Waals surface area contributed by atoms with Crippen LogP contribution in [-0.2, 0) is 0 Å². The maximum Gasteiger partial charge on any atom is 0.253 e. The molecule has 1 atom stereocenters. The Hall–Kier alpha value is -1.91. The molecular weight excluding hydrogens is 288 g/mol. The monoisotopic (exact) mass is 316 g/mol. The molecule has 5 heteroatoms. The molecule has 0 aliphatic rings. The third-order valence-electron chi connectivity index (χ3n) is 3.98. The molecule has 23 heavy (non-hydrogen) atoms. The number of nitrogens with one attached hydrogen (secondary N) is 1. The van der Waals surface area contributed by atoms with Gasteiger partial charge >= 0.3 is 0 Å². The molecule has 1 amide bonds. The van der Waals surface area contributed by atoms with Gasteiger partial charge in [0.25, 0.3) is 5.91 Å². The summed E-state index contributed by atoms with van der Waals surface area (Å²) in [5.74, 6) is 0.649. The lowest BCUT2D eigenvalue weighted by Crippen LogP contribution is -2.32. The number of rotatable bonds is 7. The van der Waals surface area contributed by atoms with Gasteiger partial charge in [0.15, 0.2) is 5.65 Å². The number of hydrogen-bond donors (Lipinski definition) is 1. The molecule has 2 heterocycles. The zero-order chi connectivity index (χ0) is 17.0. The first-order valence-electron chi connectivity index (χ1n) is 8.52. The summed E-state index contributed by atoms with van der Waals surface area (Å²) in [6.07, 6.45) is 6.74. The zero-order valence-corrected chi connectivity index (χ0v) is 14.8. The molecule has 5 nitrogen and oxygen atoms in total. The Bertz CT molecular complexity index is 660. The van der Waals surface area contributed by atoms with Crippen molar-refractivity contribution in [2.45, 2.75) is 66.0 Å². The smallest absolute Gasteiger partial charge is 0.253 e. The number of pyridine rings is 1. The van der Waals surface area contributed by atoms with Gasteiger partial charge in [0.05, 0.1) is 11.8 Å². The summed E-state index contributed by atoms with van der Waals surface area (Å²) >= 11 is 0. The van der Waals surface area contributed by atoms with Gasteiger partial charge in [0.1, 0.15) is 0 Å². The Balaban J connectivity index is 2.01. The number of carbonyl (C=O) groups excluding carboxylic acids is 1. The Morgan fingerprint density at radius 2 is 1.91 bits per heavy atom. The molecule has 2 aromatic heterocycles. The van der Waals surface area contributed by atoms with Crippen LogP contribution in [0.3, 0.4) is 0 Å². The predicted molar refractivity (Wildman–Crippen MR) is 93.5 cm³/mol. The van der Waals surface area contributed by atoms with Gasteiger partial charge in [-0.2, -0.15) is 5.10 Å². The first-order valence-corrected chi connectivity index (χ1v) is 8.52. The van der Waals surface area contributed by atoms with Crippen LogP contribution in [0.4, 0.5) is 0 Å². The van der Waals surface area contributed by atoms with Gasteiger partial charge in [-0.1, -0.05) is 26.7 Å². The van der Waals surface area contributed by atoms with Crippen molar-refractivity contribution in [2.75, 3.05) is 0 Å². The van der Waals surface area contributed by atoms with Gasteiger partial charge in [-0.05, 0) is 39.2 Å². The van der Waals surface area contributed by atoms with Crippen molar-refractivity contribution in [3.05, 3.63) is 24.0 Å². The van der Waals surface area contributed by atoms with E-state index in [2.05, 4.69) is 50.0 Å². The van der Waals surface area contributed by atoms with E-state index in [4.69, 9.17) is 0 Å². The fraction of sp³-hybridized carbons (Fsp3) is 0.611. The van der Waals surface area contributed by atoms with Crippen LogP contribution in [0.25, 0.3) is 11.0 Å². The first-order chi connectivity index (χ1) is 10.9. The maximum absolute atomic E-state index is 12.4. The zero-order valence-electron chi connectivity index (χ0n) is 14.8. The molecule has 0 saturated heterocycles. The van der Waals surface area contributed by atoms with E-state index in [1.54, 1.807) is 12.4 Å². The van der Waals surface area contributed by atoms with Crippen LogP contribution in [0.15, 0.2) is 18.5 Å². The van der Waals surface area contributed by atoms with Gasteiger partial charge in [0, 0.05) is 23.7 Å². The molecule has 0 aliphatic heterocycles. The Morgan fingerprint density at radius 3 is 2.57 bits per heavy atom. The number of aromatic nitrogens is 3. The largest absolute Gasteiger partial charge is 0.350 e. The van der Waals surface area contributed by atoms with Crippen LogP contribution in [0.5, 0.6) is 0 Å². The molecule has 2 rings (SSSR count). The SMILES string of the molecule is CC(C)CCCC(C)NC(=O)c1cnc2c(cnn2C(C)C)c1. The van der Waals surface area contributed by atoms with Crippen LogP contribution in [0.2, 0.25) is 0 Å². The number of fused-ring (bicyclic) bond motifs is 1. The fourth-order valence-corrected chi connectivity index (χ4v) is 2.65. The molecule has 0 bridgehead atoms. The predicted octanol–water partition coefficient (Wildman–Crippen LogP) is 3.96. The minimum absolute atomic E-state index is 0.0613. The Morgan fingerprint density at radius 1 is 1.17 bits per heavy atom. The summed E-state index contributed by atoms with van der Waals surface area (Å²) in [7, 11) is 0. The van der Waals surface area contributed by atoms with Gasteiger partial charge in [0.2, 0.25) is 0 Å². The Labute approximate surface area is 138 Å². The minimum Gasteiger partial charge on any atom is -0.350 e. The number of hydrogen-bond acceptors (Lipinski definition) is 3. The topological polar surface area (TPSA) is 59.8 Å². The van der Waals surface area contributed by atoms with Crippen molar-refractivity contribution in [1.82, 2.24) is 20.1 Å². The van der Waals surface area contributed by atoms with Crippen LogP contribution >= 0.6 is 0 Å². The van der Waals surface area contributed by atoms with E-state index < -0.39 is 0 Å². The second kappa shape index (κ2) is 7.57.